The van der Waals surface area contributed by atoms with Crippen molar-refractivity contribution in [1.29, 1.82) is 0 Å². The van der Waals surface area contributed by atoms with Crippen molar-refractivity contribution in [2.24, 2.45) is 0 Å². The van der Waals surface area contributed by atoms with Crippen molar-refractivity contribution in [3.63, 3.8) is 0 Å². The van der Waals surface area contributed by atoms with Crippen LogP contribution in [0.4, 0.5) is 11.6 Å². The van der Waals surface area contributed by atoms with E-state index >= 15 is 0 Å². The zero-order valence-corrected chi connectivity index (χ0v) is 15.0. The second-order valence-corrected chi connectivity index (χ2v) is 6.02. The van der Waals surface area contributed by atoms with Gasteiger partial charge in [0.1, 0.15) is 0 Å². The molecule has 0 aliphatic carbocycles. The minimum Gasteiger partial charge on any atom is -0.350 e. The van der Waals surface area contributed by atoms with Crippen LogP contribution in [0.2, 0.25) is 0 Å². The molecule has 0 spiro atoms. The molecule has 0 bridgehead atoms. The molecule has 0 saturated carbocycles. The first-order valence-electron chi connectivity index (χ1n) is 8.65. The van der Waals surface area contributed by atoms with E-state index in [1.165, 1.54) is 5.56 Å². The molecule has 0 radical (unpaired) electrons. The van der Waals surface area contributed by atoms with Crippen molar-refractivity contribution in [1.82, 2.24) is 9.97 Å². The molecule has 0 fully saturated rings. The molecule has 0 unspecified atom stereocenters. The molecule has 1 heterocycles. The van der Waals surface area contributed by atoms with Gasteiger partial charge in [0.2, 0.25) is 5.95 Å². The third-order valence-corrected chi connectivity index (χ3v) is 4.10. The predicted octanol–water partition coefficient (Wildman–Crippen LogP) is 4.06. The molecule has 3 aromatic rings. The monoisotopic (exact) mass is 346 g/mol. The lowest BCUT2D eigenvalue weighted by molar-refractivity contribution is 0.0987. The lowest BCUT2D eigenvalue weighted by Crippen LogP contribution is -2.30. The summed E-state index contributed by atoms with van der Waals surface area (Å²) in [5, 5.41) is 3.17. The molecule has 0 atom stereocenters. The van der Waals surface area contributed by atoms with Crippen molar-refractivity contribution in [2.75, 3.05) is 16.8 Å². The molecule has 0 aliphatic rings. The molecule has 5 nitrogen and oxygen atoms in total. The number of carbonyl (C=O) groups excluding carboxylic acids is 1. The number of hydrogen-bond acceptors (Lipinski definition) is 4. The Bertz CT molecular complexity index is 845. The standard InChI is InChI=1S/C21H22N4O/c1-3-25(19-7-5-4-6-8-19)20(26)18-14-23-21(24-15-18)22-13-17-11-9-16(2)10-12-17/h4-12,14-15H,3,13H2,1-2H3,(H,22,23,24). The van der Waals surface area contributed by atoms with Crippen LogP contribution in [0.3, 0.4) is 0 Å². The number of nitrogens with one attached hydrogen (secondary N) is 1. The van der Waals surface area contributed by atoms with Crippen LogP contribution in [0.25, 0.3) is 0 Å². The van der Waals surface area contributed by atoms with E-state index in [1.807, 2.05) is 37.3 Å². The van der Waals surface area contributed by atoms with Crippen LogP contribution in [0, 0.1) is 6.92 Å². The van der Waals surface area contributed by atoms with E-state index < -0.39 is 0 Å². The van der Waals surface area contributed by atoms with Gasteiger partial charge in [0.25, 0.3) is 5.91 Å². The van der Waals surface area contributed by atoms with Gasteiger partial charge in [-0.2, -0.15) is 0 Å². The summed E-state index contributed by atoms with van der Waals surface area (Å²) in [5.41, 5.74) is 3.71. The number of nitrogens with zero attached hydrogens (tertiary/aromatic N) is 3. The fourth-order valence-corrected chi connectivity index (χ4v) is 2.62. The Kier molecular flexibility index (Phi) is 5.59. The van der Waals surface area contributed by atoms with Crippen LogP contribution in [-0.2, 0) is 6.54 Å². The summed E-state index contributed by atoms with van der Waals surface area (Å²) in [6.07, 6.45) is 3.14. The average Bonchev–Trinajstić information content (AvgIpc) is 2.69. The number of benzene rings is 2. The van der Waals surface area contributed by atoms with E-state index in [9.17, 15) is 4.79 Å². The number of para-hydroxylation sites is 1. The normalized spacial score (nSPS) is 10.4. The molecule has 1 aromatic heterocycles. The minimum atomic E-state index is -0.108. The number of aromatic nitrogens is 2. The van der Waals surface area contributed by atoms with Crippen LogP contribution in [0.1, 0.15) is 28.4 Å². The van der Waals surface area contributed by atoms with Crippen molar-refractivity contribution in [3.05, 3.63) is 83.7 Å². The Labute approximate surface area is 153 Å². The minimum absolute atomic E-state index is 0.108. The molecule has 2 aromatic carbocycles. The maximum absolute atomic E-state index is 12.7. The van der Waals surface area contributed by atoms with Gasteiger partial charge in [0.05, 0.1) is 5.56 Å². The van der Waals surface area contributed by atoms with Crippen LogP contribution < -0.4 is 10.2 Å². The Morgan fingerprint density at radius 3 is 2.27 bits per heavy atom. The summed E-state index contributed by atoms with van der Waals surface area (Å²) in [7, 11) is 0. The Hall–Kier alpha value is -3.21. The van der Waals surface area contributed by atoms with Crippen LogP contribution in [0.15, 0.2) is 67.0 Å². The highest BCUT2D eigenvalue weighted by atomic mass is 16.2. The molecule has 3 rings (SSSR count). The van der Waals surface area contributed by atoms with E-state index in [0.717, 1.165) is 11.3 Å². The Morgan fingerprint density at radius 1 is 1.00 bits per heavy atom. The molecular formula is C21H22N4O. The van der Waals surface area contributed by atoms with Gasteiger partial charge in [-0.05, 0) is 31.5 Å². The zero-order valence-electron chi connectivity index (χ0n) is 15.0. The number of amides is 1. The Morgan fingerprint density at radius 2 is 1.65 bits per heavy atom. The molecule has 1 amide bonds. The summed E-state index contributed by atoms with van der Waals surface area (Å²) in [6, 6.07) is 17.9. The highest BCUT2D eigenvalue weighted by Gasteiger charge is 2.16. The molecule has 26 heavy (non-hydrogen) atoms. The maximum Gasteiger partial charge on any atom is 0.261 e. The van der Waals surface area contributed by atoms with Crippen LogP contribution in [-0.4, -0.2) is 22.4 Å². The van der Waals surface area contributed by atoms with Gasteiger partial charge in [-0.3, -0.25) is 4.79 Å². The summed E-state index contributed by atoms with van der Waals surface area (Å²) in [6.45, 7) is 5.23. The molecular weight excluding hydrogens is 324 g/mol. The smallest absolute Gasteiger partial charge is 0.261 e. The second-order valence-electron chi connectivity index (χ2n) is 6.02. The lowest BCUT2D eigenvalue weighted by atomic mass is 10.1. The zero-order chi connectivity index (χ0) is 18.4. The van der Waals surface area contributed by atoms with Gasteiger partial charge >= 0.3 is 0 Å². The molecule has 1 N–H and O–H groups in total. The molecule has 0 aliphatic heterocycles. The van der Waals surface area contributed by atoms with Crippen molar-refractivity contribution in [3.8, 4) is 0 Å². The number of hydrogen-bond donors (Lipinski definition) is 1. The summed E-state index contributed by atoms with van der Waals surface area (Å²) < 4.78 is 0. The first-order chi connectivity index (χ1) is 12.7. The highest BCUT2D eigenvalue weighted by molar-refractivity contribution is 6.05. The molecule has 5 heteroatoms. The second kappa shape index (κ2) is 8.25. The van der Waals surface area contributed by atoms with Gasteiger partial charge in [0, 0.05) is 31.2 Å². The van der Waals surface area contributed by atoms with Gasteiger partial charge in [-0.15, -0.1) is 0 Å². The number of carbonyl (C=O) groups is 1. The van der Waals surface area contributed by atoms with Crippen molar-refractivity contribution < 1.29 is 4.79 Å². The van der Waals surface area contributed by atoms with Crippen LogP contribution >= 0.6 is 0 Å². The molecule has 0 saturated heterocycles. The first kappa shape index (κ1) is 17.6. The topological polar surface area (TPSA) is 58.1 Å². The molecule has 132 valence electrons. The van der Waals surface area contributed by atoms with Crippen LogP contribution in [0.5, 0.6) is 0 Å². The predicted molar refractivity (Wildman–Crippen MR) is 104 cm³/mol. The SMILES string of the molecule is CCN(C(=O)c1cnc(NCc2ccc(C)cc2)nc1)c1ccccc1. The number of aryl methyl sites for hydroxylation is 1. The first-order valence-corrected chi connectivity index (χ1v) is 8.65. The van der Waals surface area contributed by atoms with Crippen molar-refractivity contribution >= 4 is 17.5 Å². The third-order valence-electron chi connectivity index (χ3n) is 4.10. The van der Waals surface area contributed by atoms with Crippen molar-refractivity contribution in [2.45, 2.75) is 20.4 Å². The van der Waals surface area contributed by atoms with Gasteiger partial charge in [-0.1, -0.05) is 48.0 Å². The largest absolute Gasteiger partial charge is 0.350 e. The summed E-state index contributed by atoms with van der Waals surface area (Å²) in [5.74, 6) is 0.397. The van der Waals surface area contributed by atoms with E-state index in [2.05, 4.69) is 46.5 Å². The van der Waals surface area contributed by atoms with E-state index in [1.54, 1.807) is 17.3 Å². The quantitative estimate of drug-likeness (QED) is 0.731. The highest BCUT2D eigenvalue weighted by Crippen LogP contribution is 2.16. The van der Waals surface area contributed by atoms with Gasteiger partial charge in [-0.25, -0.2) is 9.97 Å². The van der Waals surface area contributed by atoms with E-state index in [4.69, 9.17) is 0 Å². The van der Waals surface area contributed by atoms with E-state index in [0.29, 0.717) is 24.6 Å². The third kappa shape index (κ3) is 4.25. The van der Waals surface area contributed by atoms with E-state index in [-0.39, 0.29) is 5.91 Å². The number of rotatable bonds is 6. The average molecular weight is 346 g/mol. The lowest BCUT2D eigenvalue weighted by Gasteiger charge is -2.20. The maximum atomic E-state index is 12.7. The van der Waals surface area contributed by atoms with Gasteiger partial charge in [0.15, 0.2) is 0 Å². The summed E-state index contributed by atoms with van der Waals surface area (Å²) in [4.78, 5) is 23.0. The fraction of sp³-hybridized carbons (Fsp3) is 0.190. The number of anilines is 2. The summed E-state index contributed by atoms with van der Waals surface area (Å²) >= 11 is 0. The van der Waals surface area contributed by atoms with Gasteiger partial charge < -0.3 is 10.2 Å². The Balaban J connectivity index is 1.66. The fourth-order valence-electron chi connectivity index (χ4n) is 2.62.